The molecule has 2 aromatic rings. The summed E-state index contributed by atoms with van der Waals surface area (Å²) in [6.07, 6.45) is 2.39. The van der Waals surface area contributed by atoms with Gasteiger partial charge in [-0.2, -0.15) is 0 Å². The number of benzene rings is 2. The van der Waals surface area contributed by atoms with E-state index >= 15 is 0 Å². The third-order valence-corrected chi connectivity index (χ3v) is 4.25. The summed E-state index contributed by atoms with van der Waals surface area (Å²) in [6.45, 7) is 2.28. The summed E-state index contributed by atoms with van der Waals surface area (Å²) in [6, 6.07) is 19.4. The Bertz CT molecular complexity index is 647. The molecule has 0 bridgehead atoms. The molecule has 1 unspecified atom stereocenters. The molecule has 0 aliphatic carbocycles. The predicted octanol–water partition coefficient (Wildman–Crippen LogP) is -1.06. The molecule has 0 spiro atoms. The second-order valence-electron chi connectivity index (χ2n) is 4.71. The Balaban J connectivity index is 0.000000309. The Morgan fingerprint density at radius 3 is 2.05 bits per heavy atom. The second-order valence-corrected chi connectivity index (χ2v) is 7.02. The summed E-state index contributed by atoms with van der Waals surface area (Å²) in [4.78, 5) is 1.45. The monoisotopic (exact) mass is 338 g/mol. The van der Waals surface area contributed by atoms with Crippen molar-refractivity contribution in [2.75, 3.05) is 0 Å². The van der Waals surface area contributed by atoms with Crippen molar-refractivity contribution in [1.29, 1.82) is 0 Å². The molecular weight excluding hydrogens is 324 g/mol. The first-order valence-corrected chi connectivity index (χ1v) is 8.73. The molecule has 0 aromatic heterocycles. The fourth-order valence-electron chi connectivity index (χ4n) is 2.27. The molecule has 3 rings (SSSR count). The van der Waals surface area contributed by atoms with E-state index in [0.29, 0.717) is 5.25 Å². The minimum atomic E-state index is -4.94. The van der Waals surface area contributed by atoms with E-state index in [1.807, 2.05) is 0 Å². The lowest BCUT2D eigenvalue weighted by atomic mass is 9.96. The van der Waals surface area contributed by atoms with Gasteiger partial charge in [-0.05, 0) is 36.3 Å². The van der Waals surface area contributed by atoms with Crippen LogP contribution in [0.15, 0.2) is 65.6 Å². The highest BCUT2D eigenvalue weighted by Crippen LogP contribution is 2.32. The largest absolute Gasteiger partial charge is 0.222 e. The Kier molecular flexibility index (Phi) is 5.63. The number of rotatable bonds is 1. The summed E-state index contributed by atoms with van der Waals surface area (Å²) >= 11 is 1.42. The summed E-state index contributed by atoms with van der Waals surface area (Å²) < 4.78 is 34.0. The van der Waals surface area contributed by atoms with Crippen LogP contribution in [0.3, 0.4) is 0 Å². The first-order chi connectivity index (χ1) is 10.3. The van der Waals surface area contributed by atoms with Crippen LogP contribution in [0.4, 0.5) is 0 Å². The second kappa shape index (κ2) is 7.28. The zero-order chi connectivity index (χ0) is 16.2. The van der Waals surface area contributed by atoms with Gasteiger partial charge in [0.15, 0.2) is 4.90 Å². The fraction of sp³-hybridized carbons (Fsp3) is 0.125. The van der Waals surface area contributed by atoms with E-state index in [0.717, 1.165) is 0 Å². The third-order valence-electron chi connectivity index (χ3n) is 3.03. The standard InChI is InChI=1S/C16H14S.ClHO4/c1-12-11-15(13-7-3-2-4-8-13)14-9-5-6-10-16(14)17-12;2-1(3,4)5/h2-12H,1H3;(H,2,3,4,5). The zero-order valence-electron chi connectivity index (χ0n) is 11.8. The zero-order valence-corrected chi connectivity index (χ0v) is 13.5. The molecule has 1 aliphatic rings. The van der Waals surface area contributed by atoms with Crippen molar-refractivity contribution in [1.82, 2.24) is 0 Å². The van der Waals surface area contributed by atoms with Gasteiger partial charge >= 0.3 is 0 Å². The van der Waals surface area contributed by atoms with Gasteiger partial charge in [0.05, 0.1) is 0 Å². The maximum Gasteiger partial charge on any atom is 0.160 e. The Morgan fingerprint density at radius 2 is 1.41 bits per heavy atom. The van der Waals surface area contributed by atoms with Crippen LogP contribution < -0.4 is 18.6 Å². The van der Waals surface area contributed by atoms with Crippen molar-refractivity contribution in [3.8, 4) is 0 Å². The van der Waals surface area contributed by atoms with Crippen LogP contribution >= 0.6 is 0 Å². The maximum absolute atomic E-state index is 8.49. The molecule has 0 saturated heterocycles. The van der Waals surface area contributed by atoms with E-state index in [2.05, 4.69) is 67.6 Å². The summed E-state index contributed by atoms with van der Waals surface area (Å²) in [5, 5.41) is 0.597. The van der Waals surface area contributed by atoms with Crippen LogP contribution in [0.25, 0.3) is 5.57 Å². The molecule has 0 fully saturated rings. The lowest BCUT2D eigenvalue weighted by molar-refractivity contribution is -2.00. The highest BCUT2D eigenvalue weighted by atomic mass is 35.7. The van der Waals surface area contributed by atoms with Crippen molar-refractivity contribution < 1.29 is 28.9 Å². The van der Waals surface area contributed by atoms with Crippen LogP contribution in [0.5, 0.6) is 0 Å². The van der Waals surface area contributed by atoms with Crippen molar-refractivity contribution in [3.05, 3.63) is 71.8 Å². The molecule has 1 aliphatic heterocycles. The van der Waals surface area contributed by atoms with Crippen LogP contribution in [0, 0.1) is 10.2 Å². The molecule has 6 heteroatoms. The summed E-state index contributed by atoms with van der Waals surface area (Å²) in [5.74, 6) is 0. The van der Waals surface area contributed by atoms with E-state index in [9.17, 15) is 0 Å². The van der Waals surface area contributed by atoms with Crippen LogP contribution in [0.2, 0.25) is 0 Å². The normalized spacial score (nSPS) is 17.0. The average Bonchev–Trinajstić information content (AvgIpc) is 2.45. The van der Waals surface area contributed by atoms with Crippen molar-refractivity contribution in [3.63, 3.8) is 0 Å². The van der Waals surface area contributed by atoms with Crippen molar-refractivity contribution in [2.45, 2.75) is 17.1 Å². The first kappa shape index (κ1) is 17.0. The van der Waals surface area contributed by atoms with Gasteiger partial charge in [-0.3, -0.25) is 0 Å². The van der Waals surface area contributed by atoms with Gasteiger partial charge in [0.2, 0.25) is 0 Å². The van der Waals surface area contributed by atoms with Gasteiger partial charge in [-0.15, -0.1) is 10.2 Å². The Labute approximate surface area is 135 Å². The van der Waals surface area contributed by atoms with Crippen molar-refractivity contribution in [2.24, 2.45) is 0 Å². The van der Waals surface area contributed by atoms with E-state index < -0.39 is 10.2 Å². The highest BCUT2D eigenvalue weighted by molar-refractivity contribution is 7.79. The molecule has 4 nitrogen and oxygen atoms in total. The number of thiol groups is 1. The third kappa shape index (κ3) is 5.14. The Morgan fingerprint density at radius 1 is 0.864 bits per heavy atom. The lowest BCUT2D eigenvalue weighted by Crippen LogP contribution is -2.68. The van der Waals surface area contributed by atoms with Gasteiger partial charge in [0.1, 0.15) is 5.25 Å². The number of hydrogen-bond donors (Lipinski definition) is 0. The van der Waals surface area contributed by atoms with E-state index in [1.54, 1.807) is 0 Å². The van der Waals surface area contributed by atoms with Crippen molar-refractivity contribution >= 4 is 17.3 Å². The summed E-state index contributed by atoms with van der Waals surface area (Å²) in [7, 11) is -4.94. The van der Waals surface area contributed by atoms with Crippen LogP contribution in [-0.2, 0) is 11.8 Å². The predicted molar refractivity (Wildman–Crippen MR) is 76.5 cm³/mol. The van der Waals surface area contributed by atoms with Crippen LogP contribution in [0.1, 0.15) is 18.1 Å². The van der Waals surface area contributed by atoms with E-state index in [-0.39, 0.29) is 0 Å². The highest BCUT2D eigenvalue weighted by Gasteiger charge is 2.24. The maximum atomic E-state index is 8.49. The molecule has 0 amide bonds. The van der Waals surface area contributed by atoms with Gasteiger partial charge in [-0.25, -0.2) is 18.6 Å². The number of halogens is 1. The summed E-state index contributed by atoms with van der Waals surface area (Å²) in [5.41, 5.74) is 4.09. The molecule has 0 saturated carbocycles. The minimum absolute atomic E-state index is 0.597. The molecular formula is C16H15ClO4S. The Hall–Kier alpha value is -1.34. The molecule has 22 heavy (non-hydrogen) atoms. The average molecular weight is 339 g/mol. The van der Waals surface area contributed by atoms with Gasteiger partial charge < -0.3 is 0 Å². The lowest BCUT2D eigenvalue weighted by Gasteiger charge is -2.17. The van der Waals surface area contributed by atoms with Gasteiger partial charge in [0.25, 0.3) is 0 Å². The van der Waals surface area contributed by atoms with E-state index in [1.165, 1.54) is 33.4 Å². The van der Waals surface area contributed by atoms with E-state index in [4.69, 9.17) is 18.6 Å². The molecule has 1 heterocycles. The molecule has 2 aromatic carbocycles. The first-order valence-electron chi connectivity index (χ1n) is 6.54. The SMILES string of the molecule is CC1C=C(c2ccccc2)c2ccccc2[SH+]1.[O-][Cl+3]([O-])([O-])[O-]. The topological polar surface area (TPSA) is 92.2 Å². The van der Waals surface area contributed by atoms with Crippen LogP contribution in [-0.4, -0.2) is 5.25 Å². The molecule has 0 radical (unpaired) electrons. The number of hydrogen-bond acceptors (Lipinski definition) is 4. The molecule has 0 N–H and O–H groups in total. The number of fused-ring (bicyclic) bond motifs is 1. The smallest absolute Gasteiger partial charge is 0.160 e. The quantitative estimate of drug-likeness (QED) is 0.489. The van der Waals surface area contributed by atoms with Gasteiger partial charge in [-0.1, -0.05) is 42.5 Å². The fourth-order valence-corrected chi connectivity index (χ4v) is 3.44. The van der Waals surface area contributed by atoms with Gasteiger partial charge in [0, 0.05) is 17.3 Å². The molecule has 1 atom stereocenters. The minimum Gasteiger partial charge on any atom is -0.222 e. The molecule has 116 valence electrons.